The van der Waals surface area contributed by atoms with E-state index in [1.807, 2.05) is 0 Å². The van der Waals surface area contributed by atoms with Crippen molar-refractivity contribution >= 4 is 17.9 Å². The predicted octanol–water partition coefficient (Wildman–Crippen LogP) is 6.17. The molecule has 0 amide bonds. The normalized spacial score (nSPS) is 13.9. The average Bonchev–Trinajstić information content (AvgIpc) is 2.96. The number of allylic oxidation sites excluding steroid dienone is 10. The zero-order valence-electron chi connectivity index (χ0n) is 28.0. The average molecular weight is 618 g/mol. The topological polar surface area (TPSA) is 102 Å². The molecular weight excluding hydrogens is 558 g/mol. The standard InChI is InChI=1S/C36H59NO7/c1-6-8-10-12-14-16-17-19-20-22-24-26-34(38)43-31-32(30-42-29-28-33(36(40)41)37(3,4)5)44-35(39)27-25-23-21-18-15-13-11-9-7-2/h8-11,14-16,18-20,32-33H,6-7,12-13,17,21-31H2,1-5H3/b10-8+,11-9+,16-14+,18-15+,20-19+. The minimum absolute atomic E-state index is 0.00837. The summed E-state index contributed by atoms with van der Waals surface area (Å²) in [5.74, 6) is -1.87. The van der Waals surface area contributed by atoms with Gasteiger partial charge in [0.1, 0.15) is 12.6 Å². The van der Waals surface area contributed by atoms with Gasteiger partial charge in [-0.2, -0.15) is 0 Å². The Morgan fingerprint density at radius 1 is 0.682 bits per heavy atom. The number of quaternary nitrogens is 1. The molecule has 0 aromatic heterocycles. The lowest BCUT2D eigenvalue weighted by atomic mass is 10.1. The third kappa shape index (κ3) is 25.5. The molecule has 0 fully saturated rings. The SMILES string of the molecule is CC/C=C/C/C=C/C/C=C/CCCC(=O)OCC(COCCC(C(=O)[O-])[N+](C)(C)C)OC(=O)CCCC/C=C/C/C=C/CC. The van der Waals surface area contributed by atoms with Crippen LogP contribution in [0.1, 0.15) is 97.3 Å². The highest BCUT2D eigenvalue weighted by Gasteiger charge is 2.25. The van der Waals surface area contributed by atoms with Crippen LogP contribution in [0.25, 0.3) is 0 Å². The molecule has 44 heavy (non-hydrogen) atoms. The van der Waals surface area contributed by atoms with Crippen molar-refractivity contribution in [2.45, 2.75) is 109 Å². The summed E-state index contributed by atoms with van der Waals surface area (Å²) in [7, 11) is 5.35. The number of carbonyl (C=O) groups is 3. The number of ether oxygens (including phenoxy) is 3. The van der Waals surface area contributed by atoms with E-state index in [0.717, 1.165) is 51.4 Å². The van der Waals surface area contributed by atoms with Crippen LogP contribution < -0.4 is 5.11 Å². The van der Waals surface area contributed by atoms with E-state index in [-0.39, 0.29) is 55.5 Å². The van der Waals surface area contributed by atoms with Gasteiger partial charge in [-0.15, -0.1) is 0 Å². The van der Waals surface area contributed by atoms with Gasteiger partial charge in [0, 0.05) is 19.3 Å². The molecule has 0 heterocycles. The molecular formula is C36H59NO7. The van der Waals surface area contributed by atoms with Crippen molar-refractivity contribution in [1.82, 2.24) is 0 Å². The van der Waals surface area contributed by atoms with Crippen LogP contribution in [-0.4, -0.2) is 75.5 Å². The number of unbranched alkanes of at least 4 members (excludes halogenated alkanes) is 3. The van der Waals surface area contributed by atoms with Crippen molar-refractivity contribution in [3.63, 3.8) is 0 Å². The first-order valence-corrected chi connectivity index (χ1v) is 16.3. The second-order valence-corrected chi connectivity index (χ2v) is 11.6. The number of hydrogen-bond donors (Lipinski definition) is 0. The second kappa shape index (κ2) is 27.6. The van der Waals surface area contributed by atoms with Gasteiger partial charge in [0.15, 0.2) is 6.10 Å². The highest BCUT2D eigenvalue weighted by Crippen LogP contribution is 2.10. The van der Waals surface area contributed by atoms with E-state index in [2.05, 4.69) is 74.6 Å². The van der Waals surface area contributed by atoms with E-state index < -0.39 is 18.1 Å². The van der Waals surface area contributed by atoms with E-state index in [1.165, 1.54) is 0 Å². The zero-order valence-corrected chi connectivity index (χ0v) is 28.0. The number of carbonyl (C=O) groups excluding carboxylic acids is 3. The van der Waals surface area contributed by atoms with E-state index in [9.17, 15) is 19.5 Å². The largest absolute Gasteiger partial charge is 0.544 e. The summed E-state index contributed by atoms with van der Waals surface area (Å²) in [6.07, 6.45) is 29.9. The number of likely N-dealkylation sites (N-methyl/N-ethyl adjacent to an activating group) is 1. The number of carboxylic acid groups (broad SMARTS) is 1. The third-order valence-corrected chi connectivity index (χ3v) is 6.65. The number of aliphatic carboxylic acids is 1. The van der Waals surface area contributed by atoms with Crippen LogP contribution in [0.4, 0.5) is 0 Å². The lowest BCUT2D eigenvalue weighted by Gasteiger charge is -2.34. The van der Waals surface area contributed by atoms with E-state index in [0.29, 0.717) is 12.8 Å². The van der Waals surface area contributed by atoms with Crippen molar-refractivity contribution in [3.05, 3.63) is 60.8 Å². The van der Waals surface area contributed by atoms with Crippen LogP contribution in [0, 0.1) is 0 Å². The molecule has 2 atom stereocenters. The minimum Gasteiger partial charge on any atom is -0.544 e. The summed E-state index contributed by atoms with van der Waals surface area (Å²) in [6.45, 7) is 4.27. The monoisotopic (exact) mass is 617 g/mol. The predicted molar refractivity (Wildman–Crippen MR) is 176 cm³/mol. The molecule has 0 aliphatic heterocycles. The van der Waals surface area contributed by atoms with Crippen LogP contribution in [-0.2, 0) is 28.6 Å². The van der Waals surface area contributed by atoms with Crippen LogP contribution in [0.2, 0.25) is 0 Å². The summed E-state index contributed by atoms with van der Waals surface area (Å²) in [5, 5.41) is 11.5. The maximum atomic E-state index is 12.5. The molecule has 0 aromatic carbocycles. The van der Waals surface area contributed by atoms with Crippen molar-refractivity contribution in [3.8, 4) is 0 Å². The van der Waals surface area contributed by atoms with Gasteiger partial charge in [-0.05, 0) is 64.2 Å². The van der Waals surface area contributed by atoms with Crippen LogP contribution >= 0.6 is 0 Å². The molecule has 250 valence electrons. The highest BCUT2D eigenvalue weighted by atomic mass is 16.6. The molecule has 0 aliphatic rings. The Hall–Kier alpha value is -2.97. The Labute approximate surface area is 267 Å². The number of esters is 2. The van der Waals surface area contributed by atoms with Gasteiger partial charge in [0.2, 0.25) is 0 Å². The first-order chi connectivity index (χ1) is 21.1. The van der Waals surface area contributed by atoms with Crippen LogP contribution in [0.5, 0.6) is 0 Å². The molecule has 0 radical (unpaired) electrons. The molecule has 8 nitrogen and oxygen atoms in total. The Morgan fingerprint density at radius 2 is 1.20 bits per heavy atom. The van der Waals surface area contributed by atoms with Crippen molar-refractivity contribution in [1.29, 1.82) is 0 Å². The third-order valence-electron chi connectivity index (χ3n) is 6.65. The maximum absolute atomic E-state index is 12.5. The van der Waals surface area contributed by atoms with Gasteiger partial charge in [-0.3, -0.25) is 9.59 Å². The summed E-state index contributed by atoms with van der Waals surface area (Å²) >= 11 is 0. The van der Waals surface area contributed by atoms with Crippen LogP contribution in [0.3, 0.4) is 0 Å². The molecule has 0 rings (SSSR count). The maximum Gasteiger partial charge on any atom is 0.306 e. The molecule has 2 unspecified atom stereocenters. The van der Waals surface area contributed by atoms with Gasteiger partial charge >= 0.3 is 11.9 Å². The fourth-order valence-corrected chi connectivity index (χ4v) is 4.13. The number of hydrogen-bond acceptors (Lipinski definition) is 7. The summed E-state index contributed by atoms with van der Waals surface area (Å²) in [4.78, 5) is 36.3. The smallest absolute Gasteiger partial charge is 0.306 e. The number of nitrogens with zero attached hydrogens (tertiary/aromatic N) is 1. The number of rotatable bonds is 27. The van der Waals surface area contributed by atoms with E-state index >= 15 is 0 Å². The molecule has 0 aliphatic carbocycles. The molecule has 0 bridgehead atoms. The van der Waals surface area contributed by atoms with Crippen LogP contribution in [0.15, 0.2) is 60.8 Å². The van der Waals surface area contributed by atoms with Gasteiger partial charge < -0.3 is 28.6 Å². The molecule has 0 aromatic rings. The zero-order chi connectivity index (χ0) is 32.9. The second-order valence-electron chi connectivity index (χ2n) is 11.6. The van der Waals surface area contributed by atoms with Gasteiger partial charge in [-0.25, -0.2) is 0 Å². The molecule has 8 heteroatoms. The first kappa shape index (κ1) is 41.0. The molecule has 0 spiro atoms. The van der Waals surface area contributed by atoms with Crippen molar-refractivity contribution in [2.75, 3.05) is 41.0 Å². The molecule has 0 N–H and O–H groups in total. The quantitative estimate of drug-likeness (QED) is 0.0470. The lowest BCUT2D eigenvalue weighted by Crippen LogP contribution is -2.55. The fourth-order valence-electron chi connectivity index (χ4n) is 4.13. The van der Waals surface area contributed by atoms with E-state index in [1.54, 1.807) is 21.1 Å². The van der Waals surface area contributed by atoms with Crippen molar-refractivity contribution in [2.24, 2.45) is 0 Å². The minimum atomic E-state index is -1.14. The van der Waals surface area contributed by atoms with E-state index in [4.69, 9.17) is 14.2 Å². The van der Waals surface area contributed by atoms with Crippen molar-refractivity contribution < 1.29 is 38.2 Å². The first-order valence-electron chi connectivity index (χ1n) is 16.3. The van der Waals surface area contributed by atoms with Gasteiger partial charge in [0.05, 0.1) is 40.3 Å². The summed E-state index contributed by atoms with van der Waals surface area (Å²) in [6, 6.07) is -0.737. The summed E-state index contributed by atoms with van der Waals surface area (Å²) in [5.41, 5.74) is 0. The molecule has 0 saturated heterocycles. The van der Waals surface area contributed by atoms with Gasteiger partial charge in [0.25, 0.3) is 0 Å². The highest BCUT2D eigenvalue weighted by molar-refractivity contribution is 5.70. The fraction of sp³-hybridized carbons (Fsp3) is 0.639. The Kier molecular flexibility index (Phi) is 25.7. The lowest BCUT2D eigenvalue weighted by molar-refractivity contribution is -0.889. The Bertz CT molecular complexity index is 912. The molecule has 0 saturated carbocycles. The Morgan fingerprint density at radius 3 is 1.75 bits per heavy atom. The number of carboxylic acids is 1. The summed E-state index contributed by atoms with van der Waals surface area (Å²) < 4.78 is 16.9. The Balaban J connectivity index is 4.63. The van der Waals surface area contributed by atoms with Gasteiger partial charge in [-0.1, -0.05) is 74.6 Å².